The first-order valence-electron chi connectivity index (χ1n) is 9.35. The predicted octanol–water partition coefficient (Wildman–Crippen LogP) is 2.26. The number of amides is 1. The molecular formula is C20H23N7O2. The highest BCUT2D eigenvalue weighted by Gasteiger charge is 2.21. The van der Waals surface area contributed by atoms with Gasteiger partial charge in [-0.2, -0.15) is 5.10 Å². The number of H-pyrrole nitrogens is 1. The molecule has 0 unspecified atom stereocenters. The van der Waals surface area contributed by atoms with Gasteiger partial charge >= 0.3 is 0 Å². The Balaban J connectivity index is 1.88. The summed E-state index contributed by atoms with van der Waals surface area (Å²) in [6.45, 7) is 3.30. The summed E-state index contributed by atoms with van der Waals surface area (Å²) in [6.07, 6.45) is 2.25. The van der Waals surface area contributed by atoms with Crippen LogP contribution < -0.4 is 11.1 Å². The number of nitrogen functional groups attached to an aromatic ring is 1. The molecule has 4 rings (SSSR count). The normalized spacial score (nSPS) is 11.4. The molecule has 0 aliphatic carbocycles. The number of aromatic nitrogens is 5. The lowest BCUT2D eigenvalue weighted by molar-refractivity contribution is 0.0963. The first-order chi connectivity index (χ1) is 14.0. The molecule has 150 valence electrons. The van der Waals surface area contributed by atoms with E-state index >= 15 is 0 Å². The van der Waals surface area contributed by atoms with Crippen molar-refractivity contribution < 1.29 is 9.53 Å². The fourth-order valence-electron chi connectivity index (χ4n) is 3.58. The number of nitrogens with two attached hydrogens (primary N) is 1. The zero-order valence-corrected chi connectivity index (χ0v) is 16.6. The highest BCUT2D eigenvalue weighted by molar-refractivity contribution is 6.03. The van der Waals surface area contributed by atoms with E-state index in [0.717, 1.165) is 28.6 Å². The number of aromatic amines is 1. The van der Waals surface area contributed by atoms with Crippen LogP contribution in [0.15, 0.2) is 24.5 Å². The Labute approximate surface area is 167 Å². The van der Waals surface area contributed by atoms with E-state index in [1.165, 1.54) is 6.33 Å². The van der Waals surface area contributed by atoms with Gasteiger partial charge in [0.2, 0.25) is 0 Å². The Morgan fingerprint density at radius 2 is 2.17 bits per heavy atom. The molecule has 0 saturated carbocycles. The third-order valence-corrected chi connectivity index (χ3v) is 5.06. The van der Waals surface area contributed by atoms with Gasteiger partial charge < -0.3 is 20.8 Å². The van der Waals surface area contributed by atoms with Gasteiger partial charge in [-0.05, 0) is 31.0 Å². The summed E-state index contributed by atoms with van der Waals surface area (Å²) in [5.74, 6) is 0.248. The second-order valence-electron chi connectivity index (χ2n) is 6.84. The number of fused-ring (bicyclic) bond motifs is 2. The predicted molar refractivity (Wildman–Crippen MR) is 112 cm³/mol. The number of nitrogens with zero attached hydrogens (tertiary/aromatic N) is 4. The zero-order chi connectivity index (χ0) is 20.5. The molecule has 0 saturated heterocycles. The van der Waals surface area contributed by atoms with Gasteiger partial charge in [-0.25, -0.2) is 14.6 Å². The van der Waals surface area contributed by atoms with Crippen LogP contribution in [0.25, 0.3) is 33.3 Å². The summed E-state index contributed by atoms with van der Waals surface area (Å²) in [5.41, 5.74) is 10.9. The van der Waals surface area contributed by atoms with Crippen molar-refractivity contribution in [3.8, 4) is 11.4 Å². The van der Waals surface area contributed by atoms with E-state index in [-0.39, 0.29) is 5.91 Å². The van der Waals surface area contributed by atoms with Gasteiger partial charge in [0.15, 0.2) is 5.65 Å². The van der Waals surface area contributed by atoms with Gasteiger partial charge in [0.25, 0.3) is 5.91 Å². The number of hydrogen-bond acceptors (Lipinski definition) is 6. The molecule has 29 heavy (non-hydrogen) atoms. The average Bonchev–Trinajstić information content (AvgIpc) is 3.26. The number of carbonyl (C=O) groups excluding carboxylic acids is 1. The molecule has 9 nitrogen and oxygen atoms in total. The summed E-state index contributed by atoms with van der Waals surface area (Å²) in [6, 6.07) is 5.58. The molecule has 0 bridgehead atoms. The molecule has 3 aromatic heterocycles. The van der Waals surface area contributed by atoms with Crippen LogP contribution in [0.2, 0.25) is 0 Å². The van der Waals surface area contributed by atoms with Crippen molar-refractivity contribution in [2.45, 2.75) is 19.9 Å². The van der Waals surface area contributed by atoms with E-state index in [2.05, 4.69) is 20.3 Å². The Kier molecular flexibility index (Phi) is 4.89. The topological polar surface area (TPSA) is 124 Å². The minimum Gasteiger partial charge on any atom is -0.385 e. The Morgan fingerprint density at radius 1 is 1.34 bits per heavy atom. The molecule has 1 aromatic carbocycles. The van der Waals surface area contributed by atoms with Crippen molar-refractivity contribution in [3.05, 3.63) is 35.7 Å². The second kappa shape index (κ2) is 7.51. The van der Waals surface area contributed by atoms with E-state index in [1.54, 1.807) is 14.2 Å². The molecule has 9 heteroatoms. The second-order valence-corrected chi connectivity index (χ2v) is 6.84. The lowest BCUT2D eigenvalue weighted by Gasteiger charge is -2.01. The lowest BCUT2D eigenvalue weighted by Crippen LogP contribution is -2.17. The first-order valence-corrected chi connectivity index (χ1v) is 9.35. The Hall–Kier alpha value is -3.46. The molecule has 1 amide bonds. The average molecular weight is 393 g/mol. The van der Waals surface area contributed by atoms with Crippen LogP contribution in [0.1, 0.15) is 22.3 Å². The summed E-state index contributed by atoms with van der Waals surface area (Å²) < 4.78 is 6.99. The van der Waals surface area contributed by atoms with Crippen LogP contribution in [-0.2, 0) is 11.3 Å². The maximum atomic E-state index is 12.0. The molecule has 0 aliphatic rings. The number of ether oxygens (including phenoxy) is 1. The van der Waals surface area contributed by atoms with Crippen molar-refractivity contribution in [1.29, 1.82) is 0 Å². The number of methoxy groups -OCH3 is 1. The van der Waals surface area contributed by atoms with E-state index in [9.17, 15) is 4.79 Å². The molecular weight excluding hydrogens is 370 g/mol. The monoisotopic (exact) mass is 393 g/mol. The number of carbonyl (C=O) groups is 1. The summed E-state index contributed by atoms with van der Waals surface area (Å²) in [5, 5.41) is 9.17. The van der Waals surface area contributed by atoms with E-state index in [0.29, 0.717) is 41.3 Å². The van der Waals surface area contributed by atoms with Crippen molar-refractivity contribution >= 4 is 33.7 Å². The molecule has 0 radical (unpaired) electrons. The maximum Gasteiger partial charge on any atom is 0.251 e. The van der Waals surface area contributed by atoms with Crippen LogP contribution in [-0.4, -0.2) is 51.4 Å². The highest BCUT2D eigenvalue weighted by atomic mass is 16.5. The van der Waals surface area contributed by atoms with Gasteiger partial charge in [-0.3, -0.25) is 4.79 Å². The fourth-order valence-corrected chi connectivity index (χ4v) is 3.58. The Morgan fingerprint density at radius 3 is 2.93 bits per heavy atom. The third kappa shape index (κ3) is 3.19. The smallest absolute Gasteiger partial charge is 0.251 e. The minimum atomic E-state index is -0.133. The number of nitrogens with one attached hydrogen (secondary N) is 2. The minimum absolute atomic E-state index is 0.133. The summed E-state index contributed by atoms with van der Waals surface area (Å²) in [4.78, 5) is 23.9. The van der Waals surface area contributed by atoms with Crippen LogP contribution in [0, 0.1) is 6.92 Å². The number of hydrogen-bond donors (Lipinski definition) is 3. The van der Waals surface area contributed by atoms with Gasteiger partial charge in [0.1, 0.15) is 17.8 Å². The first kappa shape index (κ1) is 18.9. The molecule has 4 aromatic rings. The molecule has 0 aliphatic heterocycles. The van der Waals surface area contributed by atoms with E-state index < -0.39 is 0 Å². The van der Waals surface area contributed by atoms with Crippen LogP contribution in [0.3, 0.4) is 0 Å². The highest BCUT2D eigenvalue weighted by Crippen LogP contribution is 2.35. The van der Waals surface area contributed by atoms with Gasteiger partial charge in [0.05, 0.1) is 11.1 Å². The van der Waals surface area contributed by atoms with Crippen molar-refractivity contribution in [1.82, 2.24) is 30.0 Å². The van der Waals surface area contributed by atoms with Crippen molar-refractivity contribution in [3.63, 3.8) is 0 Å². The lowest BCUT2D eigenvalue weighted by atomic mass is 10.1. The van der Waals surface area contributed by atoms with Crippen molar-refractivity contribution in [2.75, 3.05) is 26.5 Å². The third-order valence-electron chi connectivity index (χ3n) is 5.06. The largest absolute Gasteiger partial charge is 0.385 e. The number of rotatable bonds is 6. The van der Waals surface area contributed by atoms with Crippen molar-refractivity contribution in [2.24, 2.45) is 0 Å². The number of aryl methyl sites for hydroxylation is 2. The zero-order valence-electron chi connectivity index (χ0n) is 16.6. The fraction of sp³-hybridized carbons (Fsp3) is 0.300. The van der Waals surface area contributed by atoms with Crippen LogP contribution >= 0.6 is 0 Å². The van der Waals surface area contributed by atoms with Gasteiger partial charge in [0, 0.05) is 43.8 Å². The number of anilines is 1. The van der Waals surface area contributed by atoms with E-state index in [1.807, 2.05) is 29.8 Å². The van der Waals surface area contributed by atoms with E-state index in [4.69, 9.17) is 15.6 Å². The quantitative estimate of drug-likeness (QED) is 0.432. The van der Waals surface area contributed by atoms with Crippen LogP contribution in [0.5, 0.6) is 0 Å². The summed E-state index contributed by atoms with van der Waals surface area (Å²) in [7, 11) is 3.29. The van der Waals surface area contributed by atoms with Gasteiger partial charge in [-0.15, -0.1) is 0 Å². The molecule has 0 atom stereocenters. The standard InChI is InChI=1S/C20H23N7O2/c1-11-13-6-5-12(20(28)22-2)9-14(13)25-16(11)17-15-18(21)23-10-24-19(15)27(26-17)7-4-8-29-3/h5-6,9-10,25H,4,7-8H2,1-3H3,(H,22,28)(H2,21,23,24). The Bertz CT molecular complexity index is 1210. The van der Waals surface area contributed by atoms with Crippen LogP contribution in [0.4, 0.5) is 5.82 Å². The number of benzene rings is 1. The maximum absolute atomic E-state index is 12.0. The SMILES string of the molecule is CNC(=O)c1ccc2c(C)c(-c3nn(CCCOC)c4ncnc(N)c34)[nH]c2c1. The molecule has 0 spiro atoms. The molecule has 4 N–H and O–H groups in total. The molecule has 3 heterocycles. The van der Waals surface area contributed by atoms with Gasteiger partial charge in [-0.1, -0.05) is 6.07 Å². The summed E-state index contributed by atoms with van der Waals surface area (Å²) >= 11 is 0. The molecule has 0 fully saturated rings.